The maximum absolute atomic E-state index is 11.8. The number of esters is 2. The van der Waals surface area contributed by atoms with Gasteiger partial charge in [-0.15, -0.1) is 0 Å². The second kappa shape index (κ2) is 7.78. The summed E-state index contributed by atoms with van der Waals surface area (Å²) >= 11 is 0. The molecular weight excluding hydrogens is 280 g/mol. The highest BCUT2D eigenvalue weighted by molar-refractivity contribution is 5.90. The Morgan fingerprint density at radius 2 is 1.45 bits per heavy atom. The molecule has 22 heavy (non-hydrogen) atoms. The Morgan fingerprint density at radius 1 is 0.864 bits per heavy atom. The normalized spacial score (nSPS) is 9.82. The maximum Gasteiger partial charge on any atom is 0.338 e. The fourth-order valence-corrected chi connectivity index (χ4v) is 1.85. The van der Waals surface area contributed by atoms with E-state index in [9.17, 15) is 9.59 Å². The molecule has 0 saturated heterocycles. The van der Waals surface area contributed by atoms with E-state index in [-0.39, 0.29) is 13.2 Å². The first-order valence-electron chi connectivity index (χ1n) is 6.82. The highest BCUT2D eigenvalue weighted by Crippen LogP contribution is 2.19. The smallest absolute Gasteiger partial charge is 0.338 e. The number of carbonyl (C=O) groups is 2. The molecule has 2 aromatic rings. The van der Waals surface area contributed by atoms with E-state index < -0.39 is 11.9 Å². The molecule has 0 spiro atoms. The van der Waals surface area contributed by atoms with Crippen molar-refractivity contribution in [3.63, 3.8) is 0 Å². The molecule has 0 aliphatic carbocycles. The van der Waals surface area contributed by atoms with Crippen molar-refractivity contribution >= 4 is 11.9 Å². The second-order valence-corrected chi connectivity index (χ2v) is 4.45. The van der Waals surface area contributed by atoms with Gasteiger partial charge in [0.15, 0.2) is 0 Å². The summed E-state index contributed by atoms with van der Waals surface area (Å²) in [5, 5.41) is 0. The van der Waals surface area contributed by atoms with Crippen LogP contribution in [0, 0.1) is 0 Å². The predicted molar refractivity (Wildman–Crippen MR) is 83.3 cm³/mol. The van der Waals surface area contributed by atoms with Crippen molar-refractivity contribution in [1.29, 1.82) is 0 Å². The van der Waals surface area contributed by atoms with E-state index in [4.69, 9.17) is 9.47 Å². The fraction of sp³-hybridized carbons (Fsp3) is 0.111. The largest absolute Gasteiger partial charge is 0.459 e. The third-order valence-electron chi connectivity index (χ3n) is 2.96. The Balaban J connectivity index is 1.89. The highest BCUT2D eigenvalue weighted by Gasteiger charge is 2.07. The summed E-state index contributed by atoms with van der Waals surface area (Å²) in [6.45, 7) is 3.30. The molecule has 0 N–H and O–H groups in total. The van der Waals surface area contributed by atoms with E-state index in [1.165, 1.54) is 0 Å². The van der Waals surface area contributed by atoms with Gasteiger partial charge in [-0.1, -0.05) is 49.0 Å². The zero-order valence-corrected chi connectivity index (χ0v) is 12.0. The molecule has 0 fully saturated rings. The van der Waals surface area contributed by atoms with Gasteiger partial charge in [0.1, 0.15) is 13.2 Å². The van der Waals surface area contributed by atoms with Crippen LogP contribution in [0.25, 0.3) is 11.1 Å². The molecule has 4 heteroatoms. The van der Waals surface area contributed by atoms with Gasteiger partial charge in [0.25, 0.3) is 0 Å². The molecule has 2 aromatic carbocycles. The number of hydrogen-bond donors (Lipinski definition) is 0. The van der Waals surface area contributed by atoms with E-state index >= 15 is 0 Å². The monoisotopic (exact) mass is 296 g/mol. The van der Waals surface area contributed by atoms with Crippen molar-refractivity contribution in [3.05, 3.63) is 72.8 Å². The van der Waals surface area contributed by atoms with Crippen molar-refractivity contribution < 1.29 is 19.1 Å². The SMILES string of the molecule is C=CC(=O)OCCOC(=O)c1ccc(-c2ccccc2)cc1. The lowest BCUT2D eigenvalue weighted by atomic mass is 10.0. The van der Waals surface area contributed by atoms with E-state index in [2.05, 4.69) is 6.58 Å². The van der Waals surface area contributed by atoms with Gasteiger partial charge in [-0.25, -0.2) is 9.59 Å². The van der Waals surface area contributed by atoms with Gasteiger partial charge in [-0.2, -0.15) is 0 Å². The Morgan fingerprint density at radius 3 is 2.09 bits per heavy atom. The first-order valence-corrected chi connectivity index (χ1v) is 6.82. The second-order valence-electron chi connectivity index (χ2n) is 4.45. The first kappa shape index (κ1) is 15.5. The van der Waals surface area contributed by atoms with Crippen LogP contribution in [-0.4, -0.2) is 25.2 Å². The number of carbonyl (C=O) groups excluding carboxylic acids is 2. The van der Waals surface area contributed by atoms with Crippen LogP contribution in [0.2, 0.25) is 0 Å². The van der Waals surface area contributed by atoms with Crippen LogP contribution in [0.5, 0.6) is 0 Å². The van der Waals surface area contributed by atoms with Gasteiger partial charge < -0.3 is 9.47 Å². The van der Waals surface area contributed by atoms with E-state index in [0.717, 1.165) is 17.2 Å². The number of benzene rings is 2. The summed E-state index contributed by atoms with van der Waals surface area (Å²) in [7, 11) is 0. The molecule has 0 unspecified atom stereocenters. The predicted octanol–water partition coefficient (Wildman–Crippen LogP) is 3.24. The number of ether oxygens (including phenoxy) is 2. The standard InChI is InChI=1S/C18H16O4/c1-2-17(19)21-12-13-22-18(20)16-10-8-15(9-11-16)14-6-4-3-5-7-14/h2-11H,1,12-13H2. The molecule has 2 rings (SSSR count). The minimum absolute atomic E-state index is 0.0126. The topological polar surface area (TPSA) is 52.6 Å². The summed E-state index contributed by atoms with van der Waals surface area (Å²) in [5.41, 5.74) is 2.56. The molecule has 0 aliphatic heterocycles. The minimum atomic E-state index is -0.539. The fourth-order valence-electron chi connectivity index (χ4n) is 1.85. The van der Waals surface area contributed by atoms with Gasteiger partial charge >= 0.3 is 11.9 Å². The molecule has 0 bridgehead atoms. The first-order chi connectivity index (χ1) is 10.7. The van der Waals surface area contributed by atoms with Crippen LogP contribution < -0.4 is 0 Å². The van der Waals surface area contributed by atoms with Crippen molar-refractivity contribution in [2.75, 3.05) is 13.2 Å². The Labute approximate surface area is 129 Å². The van der Waals surface area contributed by atoms with Crippen molar-refractivity contribution in [1.82, 2.24) is 0 Å². The average Bonchev–Trinajstić information content (AvgIpc) is 2.59. The van der Waals surface area contributed by atoms with E-state index in [1.54, 1.807) is 12.1 Å². The van der Waals surface area contributed by atoms with Crippen molar-refractivity contribution in [2.45, 2.75) is 0 Å². The molecule has 0 amide bonds. The molecular formula is C18H16O4. The lowest BCUT2D eigenvalue weighted by Crippen LogP contribution is -2.12. The Bertz CT molecular complexity index is 645. The maximum atomic E-state index is 11.8. The van der Waals surface area contributed by atoms with Crippen LogP contribution in [0.1, 0.15) is 10.4 Å². The van der Waals surface area contributed by atoms with Crippen LogP contribution in [0.15, 0.2) is 67.3 Å². The highest BCUT2D eigenvalue weighted by atomic mass is 16.6. The third kappa shape index (κ3) is 4.31. The molecule has 0 heterocycles. The average molecular weight is 296 g/mol. The van der Waals surface area contributed by atoms with Gasteiger partial charge in [0.2, 0.25) is 0 Å². The summed E-state index contributed by atoms with van der Waals surface area (Å²) < 4.78 is 9.74. The van der Waals surface area contributed by atoms with Crippen molar-refractivity contribution in [3.8, 4) is 11.1 Å². The third-order valence-corrected chi connectivity index (χ3v) is 2.96. The van der Waals surface area contributed by atoms with Crippen LogP contribution in [-0.2, 0) is 14.3 Å². The number of hydrogen-bond acceptors (Lipinski definition) is 4. The summed E-state index contributed by atoms with van der Waals surface area (Å²) in [4.78, 5) is 22.6. The van der Waals surface area contributed by atoms with Crippen LogP contribution in [0.3, 0.4) is 0 Å². The summed E-state index contributed by atoms with van der Waals surface area (Å²) in [6, 6.07) is 17.0. The summed E-state index contributed by atoms with van der Waals surface area (Å²) in [6.07, 6.45) is 1.06. The molecule has 0 atom stereocenters. The van der Waals surface area contributed by atoms with Gasteiger partial charge in [0.05, 0.1) is 5.56 Å². The minimum Gasteiger partial charge on any atom is -0.459 e. The Hall–Kier alpha value is -2.88. The lowest BCUT2D eigenvalue weighted by Gasteiger charge is -2.06. The molecule has 0 saturated carbocycles. The summed E-state index contributed by atoms with van der Waals surface area (Å²) in [5.74, 6) is -0.988. The number of rotatable bonds is 6. The van der Waals surface area contributed by atoms with Gasteiger partial charge in [-0.05, 0) is 23.3 Å². The van der Waals surface area contributed by atoms with Gasteiger partial charge in [0, 0.05) is 6.08 Å². The zero-order chi connectivity index (χ0) is 15.8. The zero-order valence-electron chi connectivity index (χ0n) is 12.0. The van der Waals surface area contributed by atoms with E-state index in [1.807, 2.05) is 42.5 Å². The van der Waals surface area contributed by atoms with E-state index in [0.29, 0.717) is 5.56 Å². The van der Waals surface area contributed by atoms with Crippen LogP contribution >= 0.6 is 0 Å². The quantitative estimate of drug-likeness (QED) is 0.466. The molecule has 112 valence electrons. The molecule has 0 aromatic heterocycles. The molecule has 0 aliphatic rings. The van der Waals surface area contributed by atoms with Crippen LogP contribution in [0.4, 0.5) is 0 Å². The molecule has 4 nitrogen and oxygen atoms in total. The Kier molecular flexibility index (Phi) is 5.49. The lowest BCUT2D eigenvalue weighted by molar-refractivity contribution is -0.138. The molecule has 0 radical (unpaired) electrons. The van der Waals surface area contributed by atoms with Crippen molar-refractivity contribution in [2.24, 2.45) is 0 Å². The van der Waals surface area contributed by atoms with Gasteiger partial charge in [-0.3, -0.25) is 0 Å².